The Morgan fingerprint density at radius 1 is 1.31 bits per heavy atom. The predicted octanol–water partition coefficient (Wildman–Crippen LogP) is 3.58. The average Bonchev–Trinajstić information content (AvgIpc) is 2.63. The zero-order valence-electron chi connectivity index (χ0n) is 10.4. The smallest absolute Gasteiger partial charge is 0.137 e. The lowest BCUT2D eigenvalue weighted by atomic mass is 9.97. The molecule has 0 aliphatic rings. The summed E-state index contributed by atoms with van der Waals surface area (Å²) in [5.41, 5.74) is 4.89. The lowest BCUT2D eigenvalue weighted by molar-refractivity contribution is 0.599. The highest BCUT2D eigenvalue weighted by Gasteiger charge is 2.13. The van der Waals surface area contributed by atoms with E-state index in [9.17, 15) is 0 Å². The summed E-state index contributed by atoms with van der Waals surface area (Å²) >= 11 is 0. The molecule has 16 heavy (non-hydrogen) atoms. The van der Waals surface area contributed by atoms with Crippen molar-refractivity contribution in [3.63, 3.8) is 0 Å². The van der Waals surface area contributed by atoms with Crippen molar-refractivity contribution in [2.24, 2.45) is 0 Å². The monoisotopic (exact) mass is 217 g/mol. The third-order valence-corrected chi connectivity index (χ3v) is 3.03. The number of rotatable bonds is 3. The van der Waals surface area contributed by atoms with Gasteiger partial charge in [0.2, 0.25) is 0 Å². The molecular weight excluding hydrogens is 198 g/mol. The quantitative estimate of drug-likeness (QED) is 0.850. The van der Waals surface area contributed by atoms with E-state index in [4.69, 9.17) is 4.42 Å². The summed E-state index contributed by atoms with van der Waals surface area (Å²) < 4.78 is 5.73. The Bertz CT molecular complexity index is 497. The summed E-state index contributed by atoms with van der Waals surface area (Å²) in [5, 5.41) is 4.46. The van der Waals surface area contributed by atoms with Crippen LogP contribution < -0.4 is 5.32 Å². The second kappa shape index (κ2) is 4.30. The molecule has 0 aliphatic heterocycles. The largest absolute Gasteiger partial charge is 0.464 e. The fourth-order valence-electron chi connectivity index (χ4n) is 2.19. The van der Waals surface area contributed by atoms with Gasteiger partial charge in [0.15, 0.2) is 0 Å². The van der Waals surface area contributed by atoms with Crippen molar-refractivity contribution < 1.29 is 4.42 Å². The van der Waals surface area contributed by atoms with Gasteiger partial charge in [-0.2, -0.15) is 0 Å². The van der Waals surface area contributed by atoms with Crippen LogP contribution in [0.4, 0.5) is 0 Å². The van der Waals surface area contributed by atoms with Crippen LogP contribution in [0.15, 0.2) is 22.8 Å². The molecular formula is C14H19NO. The summed E-state index contributed by atoms with van der Waals surface area (Å²) in [6.07, 6.45) is 1.88. The highest BCUT2D eigenvalue weighted by molar-refractivity contribution is 5.87. The molecule has 1 N–H and O–H groups in total. The van der Waals surface area contributed by atoms with Crippen LogP contribution in [-0.4, -0.2) is 7.05 Å². The van der Waals surface area contributed by atoms with Crippen LogP contribution in [-0.2, 0) is 6.54 Å². The van der Waals surface area contributed by atoms with Gasteiger partial charge in [0.25, 0.3) is 0 Å². The summed E-state index contributed by atoms with van der Waals surface area (Å²) in [6.45, 7) is 7.39. The maximum absolute atomic E-state index is 5.73. The van der Waals surface area contributed by atoms with E-state index < -0.39 is 0 Å². The van der Waals surface area contributed by atoms with E-state index in [-0.39, 0.29) is 0 Å². The van der Waals surface area contributed by atoms with Crippen LogP contribution in [0.3, 0.4) is 0 Å². The van der Waals surface area contributed by atoms with E-state index >= 15 is 0 Å². The number of benzene rings is 1. The van der Waals surface area contributed by atoms with Gasteiger partial charge < -0.3 is 9.73 Å². The first-order chi connectivity index (χ1) is 7.65. The van der Waals surface area contributed by atoms with Crippen LogP contribution >= 0.6 is 0 Å². The first-order valence-corrected chi connectivity index (χ1v) is 5.79. The highest BCUT2D eigenvalue weighted by Crippen LogP contribution is 2.31. The summed E-state index contributed by atoms with van der Waals surface area (Å²) in [5.74, 6) is 0.497. The molecule has 2 rings (SSSR count). The standard InChI is InChI=1S/C14H19NO/c1-9(2)12-6-5-10(3)13-11(7-15-4)8-16-14(12)13/h5-6,8-9,15H,7H2,1-4H3. The molecule has 0 fully saturated rings. The van der Waals surface area contributed by atoms with Crippen molar-refractivity contribution in [3.05, 3.63) is 35.1 Å². The number of hydrogen-bond donors (Lipinski definition) is 1. The molecule has 0 unspecified atom stereocenters. The van der Waals surface area contributed by atoms with E-state index in [1.54, 1.807) is 0 Å². The summed E-state index contributed by atoms with van der Waals surface area (Å²) in [7, 11) is 1.96. The molecule has 2 heteroatoms. The minimum atomic E-state index is 0.497. The van der Waals surface area contributed by atoms with Gasteiger partial charge >= 0.3 is 0 Å². The van der Waals surface area contributed by atoms with E-state index in [1.807, 2.05) is 13.3 Å². The maximum atomic E-state index is 5.73. The predicted molar refractivity (Wildman–Crippen MR) is 67.8 cm³/mol. The second-order valence-corrected chi connectivity index (χ2v) is 4.62. The Balaban J connectivity index is 2.68. The van der Waals surface area contributed by atoms with Gasteiger partial charge in [0.1, 0.15) is 5.58 Å². The minimum Gasteiger partial charge on any atom is -0.464 e. The van der Waals surface area contributed by atoms with Crippen LogP contribution in [0.2, 0.25) is 0 Å². The fraction of sp³-hybridized carbons (Fsp3) is 0.429. The van der Waals surface area contributed by atoms with Crippen molar-refractivity contribution in [1.82, 2.24) is 5.32 Å². The molecule has 1 heterocycles. The zero-order valence-corrected chi connectivity index (χ0v) is 10.4. The number of fused-ring (bicyclic) bond motifs is 1. The lowest BCUT2D eigenvalue weighted by Crippen LogP contribution is -2.04. The molecule has 0 atom stereocenters. The summed E-state index contributed by atoms with van der Waals surface area (Å²) in [6, 6.07) is 4.36. The highest BCUT2D eigenvalue weighted by atomic mass is 16.3. The maximum Gasteiger partial charge on any atom is 0.137 e. The van der Waals surface area contributed by atoms with Gasteiger partial charge in [0.05, 0.1) is 6.26 Å². The number of furan rings is 1. The van der Waals surface area contributed by atoms with Gasteiger partial charge in [0, 0.05) is 17.5 Å². The van der Waals surface area contributed by atoms with Gasteiger partial charge in [-0.15, -0.1) is 0 Å². The van der Waals surface area contributed by atoms with Crippen molar-refractivity contribution in [3.8, 4) is 0 Å². The molecule has 0 amide bonds. The third-order valence-electron chi connectivity index (χ3n) is 3.03. The van der Waals surface area contributed by atoms with Crippen molar-refractivity contribution in [1.29, 1.82) is 0 Å². The average molecular weight is 217 g/mol. The topological polar surface area (TPSA) is 25.2 Å². The molecule has 2 aromatic rings. The van der Waals surface area contributed by atoms with Gasteiger partial charge in [-0.3, -0.25) is 0 Å². The number of nitrogens with one attached hydrogen (secondary N) is 1. The van der Waals surface area contributed by atoms with Crippen molar-refractivity contribution >= 4 is 11.0 Å². The van der Waals surface area contributed by atoms with Crippen LogP contribution in [0.5, 0.6) is 0 Å². The zero-order chi connectivity index (χ0) is 11.7. The minimum absolute atomic E-state index is 0.497. The van der Waals surface area contributed by atoms with Crippen LogP contribution in [0.1, 0.15) is 36.5 Å². The van der Waals surface area contributed by atoms with Gasteiger partial charge in [-0.25, -0.2) is 0 Å². The Morgan fingerprint density at radius 3 is 2.69 bits per heavy atom. The van der Waals surface area contributed by atoms with E-state index in [0.717, 1.165) is 12.1 Å². The Kier molecular flexibility index (Phi) is 3.01. The second-order valence-electron chi connectivity index (χ2n) is 4.62. The molecule has 1 aromatic heterocycles. The Labute approximate surface area is 96.6 Å². The summed E-state index contributed by atoms with van der Waals surface area (Å²) in [4.78, 5) is 0. The Morgan fingerprint density at radius 2 is 2.06 bits per heavy atom. The molecule has 0 bridgehead atoms. The first kappa shape index (κ1) is 11.2. The van der Waals surface area contributed by atoms with Crippen LogP contribution in [0.25, 0.3) is 11.0 Å². The lowest BCUT2D eigenvalue weighted by Gasteiger charge is -2.08. The third kappa shape index (κ3) is 1.74. The Hall–Kier alpha value is -1.28. The molecule has 1 aromatic carbocycles. The molecule has 0 aliphatic carbocycles. The van der Waals surface area contributed by atoms with Crippen molar-refractivity contribution in [2.75, 3.05) is 7.05 Å². The number of hydrogen-bond acceptors (Lipinski definition) is 2. The van der Waals surface area contributed by atoms with Gasteiger partial charge in [-0.05, 0) is 31.0 Å². The number of aryl methyl sites for hydroxylation is 1. The molecule has 0 saturated heterocycles. The molecule has 0 saturated carbocycles. The molecule has 0 radical (unpaired) electrons. The van der Waals surface area contributed by atoms with E-state index in [0.29, 0.717) is 5.92 Å². The molecule has 0 spiro atoms. The SMILES string of the molecule is CNCc1coc2c(C(C)C)ccc(C)c12. The molecule has 2 nitrogen and oxygen atoms in total. The van der Waals surface area contributed by atoms with E-state index in [2.05, 4.69) is 38.2 Å². The van der Waals surface area contributed by atoms with Crippen LogP contribution in [0, 0.1) is 6.92 Å². The van der Waals surface area contributed by atoms with Crippen molar-refractivity contribution in [2.45, 2.75) is 33.2 Å². The normalized spacial score (nSPS) is 11.6. The van der Waals surface area contributed by atoms with Gasteiger partial charge in [-0.1, -0.05) is 26.0 Å². The first-order valence-electron chi connectivity index (χ1n) is 5.79. The fourth-order valence-corrected chi connectivity index (χ4v) is 2.19. The molecule has 86 valence electrons. The van der Waals surface area contributed by atoms with E-state index in [1.165, 1.54) is 22.1 Å².